The minimum Gasteiger partial charge on any atom is -0.481 e. The van der Waals surface area contributed by atoms with E-state index in [1.807, 2.05) is 0 Å². The summed E-state index contributed by atoms with van der Waals surface area (Å²) < 4.78 is 33.1. The zero-order valence-corrected chi connectivity index (χ0v) is 12.3. The Kier molecular flexibility index (Phi) is 2.66. The highest BCUT2D eigenvalue weighted by molar-refractivity contribution is 6.12. The fraction of sp³-hybridized carbons (Fsp3) is 0.562. The molecule has 2 aliphatic carbocycles. The first-order valence-electron chi connectivity index (χ1n) is 8.52. The van der Waals surface area contributed by atoms with Crippen molar-refractivity contribution >= 4 is 11.8 Å². The molecule has 0 aliphatic heterocycles. The molecule has 22 heavy (non-hydrogen) atoms. The fourth-order valence-electron chi connectivity index (χ4n) is 3.57. The predicted octanol–water partition coefficient (Wildman–Crippen LogP) is 0.643. The van der Waals surface area contributed by atoms with Crippen molar-refractivity contribution in [3.63, 3.8) is 0 Å². The molecule has 3 rings (SSSR count). The van der Waals surface area contributed by atoms with Gasteiger partial charge in [0.05, 0.1) is 31.9 Å². The number of carbonyl (C=O) groups is 2. The molecule has 1 aromatic heterocycles. The summed E-state index contributed by atoms with van der Waals surface area (Å²) in [5.74, 6) is -3.24. The normalized spacial score (nSPS) is 35.7. The molecule has 1 fully saturated rings. The number of Topliss-reactive ketones (excluding diaryl/α,β-unsaturated/α-hetero) is 1. The predicted molar refractivity (Wildman–Crippen MR) is 76.5 cm³/mol. The molecule has 2 bridgehead atoms. The number of hydrogen-bond acceptors (Lipinski definition) is 6. The first-order valence-corrected chi connectivity index (χ1v) is 7.02. The number of rotatable bonds is 2. The van der Waals surface area contributed by atoms with Crippen LogP contribution in [0.5, 0.6) is 5.88 Å². The second kappa shape index (κ2) is 5.05. The van der Waals surface area contributed by atoms with Gasteiger partial charge in [-0.15, -0.1) is 0 Å². The number of ketones is 1. The maximum atomic E-state index is 13.0. The second-order valence-corrected chi connectivity index (χ2v) is 5.72. The number of hydrogen-bond donors (Lipinski definition) is 1. The van der Waals surface area contributed by atoms with Crippen molar-refractivity contribution in [2.45, 2.75) is 31.2 Å². The van der Waals surface area contributed by atoms with Gasteiger partial charge in [-0.3, -0.25) is 9.59 Å². The highest BCUT2D eigenvalue weighted by Crippen LogP contribution is 2.48. The van der Waals surface area contributed by atoms with Gasteiger partial charge in [0, 0.05) is 16.6 Å². The summed E-state index contributed by atoms with van der Waals surface area (Å²) in [7, 11) is 2.60. The van der Waals surface area contributed by atoms with Crippen molar-refractivity contribution in [3.05, 3.63) is 23.4 Å². The van der Waals surface area contributed by atoms with Gasteiger partial charge in [-0.25, -0.2) is 4.98 Å². The van der Waals surface area contributed by atoms with Gasteiger partial charge in [-0.1, -0.05) is 12.9 Å². The topological polar surface area (TPSA) is 85.7 Å². The van der Waals surface area contributed by atoms with Crippen molar-refractivity contribution in [2.75, 3.05) is 14.2 Å². The highest BCUT2D eigenvalue weighted by atomic mass is 16.5. The Balaban J connectivity index is 2.24. The number of fused-ring (bicyclic) bond motifs is 4. The summed E-state index contributed by atoms with van der Waals surface area (Å²) in [5.41, 5.74) is -0.982. The maximum Gasteiger partial charge on any atom is 0.323 e. The first-order chi connectivity index (χ1) is 11.7. The number of methoxy groups -OCH3 is 2. The molecule has 1 aromatic rings. The summed E-state index contributed by atoms with van der Waals surface area (Å²) in [5, 5.41) is 10.5. The van der Waals surface area contributed by atoms with Crippen LogP contribution in [0.3, 0.4) is 0 Å². The third-order valence-corrected chi connectivity index (χ3v) is 4.67. The van der Waals surface area contributed by atoms with Crippen LogP contribution >= 0.6 is 0 Å². The van der Waals surface area contributed by atoms with E-state index in [9.17, 15) is 14.7 Å². The second-order valence-electron chi connectivity index (χ2n) is 5.72. The molecule has 6 heteroatoms. The number of ether oxygens (including phenoxy) is 2. The number of aromatic nitrogens is 1. The molecular formula is C16H19NO5. The fourth-order valence-corrected chi connectivity index (χ4v) is 3.57. The number of carbonyl (C=O) groups excluding carboxylic acids is 2. The van der Waals surface area contributed by atoms with Crippen LogP contribution in [0.1, 0.15) is 28.6 Å². The van der Waals surface area contributed by atoms with E-state index in [4.69, 9.17) is 13.6 Å². The Bertz CT molecular complexity index is 735. The van der Waals surface area contributed by atoms with Crippen molar-refractivity contribution in [3.8, 4) is 5.88 Å². The Morgan fingerprint density at radius 1 is 1.50 bits per heavy atom. The Morgan fingerprint density at radius 3 is 2.91 bits per heavy atom. The lowest BCUT2D eigenvalue weighted by Gasteiger charge is -2.46. The van der Waals surface area contributed by atoms with E-state index in [-0.39, 0.29) is 12.8 Å². The van der Waals surface area contributed by atoms with Gasteiger partial charge in [0.25, 0.3) is 0 Å². The van der Waals surface area contributed by atoms with Crippen LogP contribution in [0.15, 0.2) is 12.1 Å². The molecule has 1 saturated carbocycles. The molecule has 0 amide bonds. The molecule has 0 spiro atoms. The summed E-state index contributed by atoms with van der Waals surface area (Å²) in [4.78, 5) is 30.0. The van der Waals surface area contributed by atoms with Gasteiger partial charge in [0.15, 0.2) is 11.2 Å². The summed E-state index contributed by atoms with van der Waals surface area (Å²) in [6, 6.07) is 3.08. The Hall–Kier alpha value is -1.95. The molecule has 1 N–H and O–H groups in total. The van der Waals surface area contributed by atoms with Gasteiger partial charge >= 0.3 is 5.97 Å². The molecule has 1 heterocycles. The van der Waals surface area contributed by atoms with E-state index in [0.717, 1.165) is 7.11 Å². The smallest absolute Gasteiger partial charge is 0.323 e. The summed E-state index contributed by atoms with van der Waals surface area (Å²) in [6.45, 7) is -2.50. The molecule has 4 atom stereocenters. The number of nitrogens with zero attached hydrogens (tertiary/aromatic N) is 1. The van der Waals surface area contributed by atoms with E-state index in [1.165, 1.54) is 13.2 Å². The number of esters is 1. The van der Waals surface area contributed by atoms with Crippen molar-refractivity contribution in [1.82, 2.24) is 4.98 Å². The van der Waals surface area contributed by atoms with Crippen LogP contribution in [0.2, 0.25) is 0 Å². The quantitative estimate of drug-likeness (QED) is 0.637. The molecule has 0 radical (unpaired) electrons. The highest BCUT2D eigenvalue weighted by Gasteiger charge is 2.61. The van der Waals surface area contributed by atoms with Crippen LogP contribution in [0.4, 0.5) is 0 Å². The molecule has 6 nitrogen and oxygen atoms in total. The van der Waals surface area contributed by atoms with Gasteiger partial charge in [0.1, 0.15) is 0 Å². The number of aliphatic hydroxyl groups excluding tert-OH is 1. The van der Waals surface area contributed by atoms with E-state index in [1.54, 1.807) is 6.07 Å². The lowest BCUT2D eigenvalue weighted by Crippen LogP contribution is -2.60. The molecule has 2 unspecified atom stereocenters. The number of aliphatic hydroxyl groups is 1. The van der Waals surface area contributed by atoms with Gasteiger partial charge in [-0.05, 0) is 17.9 Å². The van der Waals surface area contributed by atoms with E-state index in [2.05, 4.69) is 4.98 Å². The molecule has 2 aliphatic rings. The first kappa shape index (κ1) is 11.6. The van der Waals surface area contributed by atoms with Gasteiger partial charge in [0.2, 0.25) is 5.88 Å². The van der Waals surface area contributed by atoms with Gasteiger partial charge < -0.3 is 14.6 Å². The van der Waals surface area contributed by atoms with E-state index < -0.39 is 42.0 Å². The molecule has 0 aromatic carbocycles. The van der Waals surface area contributed by atoms with Crippen molar-refractivity contribution in [2.24, 2.45) is 11.8 Å². The van der Waals surface area contributed by atoms with Gasteiger partial charge in [-0.2, -0.15) is 0 Å². The summed E-state index contributed by atoms with van der Waals surface area (Å²) >= 11 is 0. The Labute approximate surface area is 132 Å². The average molecular weight is 308 g/mol. The lowest BCUT2D eigenvalue weighted by atomic mass is 9.56. The number of pyridine rings is 1. The van der Waals surface area contributed by atoms with Crippen molar-refractivity contribution < 1.29 is 28.3 Å². The zero-order valence-electron chi connectivity index (χ0n) is 15.3. The molecular weight excluding hydrogens is 286 g/mol. The van der Waals surface area contributed by atoms with Crippen LogP contribution < -0.4 is 4.74 Å². The largest absolute Gasteiger partial charge is 0.481 e. The van der Waals surface area contributed by atoms with Crippen LogP contribution in [0.25, 0.3) is 0 Å². The standard InChI is InChI=1S/C16H19NO5/c1-8-7-16(15(20)22-3)10-4-5-12(21-2)17-11(10)6-9(13(8)18)14(16)19/h4-5,8-9,13,18H,6-7H2,1-3H3/t8?,9-,13?,16+/m1/s1/i1D3. The third-order valence-electron chi connectivity index (χ3n) is 4.67. The monoisotopic (exact) mass is 308 g/mol. The molecule has 0 saturated heterocycles. The van der Waals surface area contributed by atoms with Crippen LogP contribution in [-0.2, 0) is 26.2 Å². The zero-order chi connectivity index (χ0) is 18.6. The lowest BCUT2D eigenvalue weighted by molar-refractivity contribution is -0.161. The maximum absolute atomic E-state index is 13.0. The Morgan fingerprint density at radius 2 is 2.27 bits per heavy atom. The minimum absolute atomic E-state index is 0.0534. The van der Waals surface area contributed by atoms with Crippen LogP contribution in [-0.4, -0.2) is 42.2 Å². The average Bonchev–Trinajstić information content (AvgIpc) is 2.56. The third kappa shape index (κ3) is 1.80. The van der Waals surface area contributed by atoms with E-state index in [0.29, 0.717) is 17.1 Å². The van der Waals surface area contributed by atoms with E-state index >= 15 is 0 Å². The SMILES string of the molecule is [2H]C([2H])([2H])C1C[C@@]2(C(=O)OC)C(=O)[C@H](Cc3nc(OC)ccc32)C1O. The summed E-state index contributed by atoms with van der Waals surface area (Å²) in [6.07, 6.45) is -1.66. The minimum atomic E-state index is -2.50. The van der Waals surface area contributed by atoms with Crippen LogP contribution in [0, 0.1) is 11.8 Å². The van der Waals surface area contributed by atoms with Crippen molar-refractivity contribution in [1.29, 1.82) is 0 Å². The molecule has 118 valence electrons.